The molecule has 1 aromatic rings. The molecular weight excluding hydrogens is 264 g/mol. The number of benzene rings is 1. The molecule has 0 bridgehead atoms. The van der Waals surface area contributed by atoms with E-state index in [4.69, 9.17) is 0 Å². The number of hydrogen-bond donors (Lipinski definition) is 1. The van der Waals surface area contributed by atoms with E-state index < -0.39 is 11.6 Å². The third-order valence-corrected chi connectivity index (χ3v) is 3.36. The van der Waals surface area contributed by atoms with E-state index in [9.17, 15) is 13.6 Å². The van der Waals surface area contributed by atoms with Crippen molar-refractivity contribution >= 4 is 11.7 Å². The van der Waals surface area contributed by atoms with E-state index in [0.29, 0.717) is 38.4 Å². The van der Waals surface area contributed by atoms with Gasteiger partial charge in [0.2, 0.25) is 0 Å². The van der Waals surface area contributed by atoms with E-state index in [2.05, 4.69) is 5.32 Å². The summed E-state index contributed by atoms with van der Waals surface area (Å²) in [4.78, 5) is 15.5. The Balaban J connectivity index is 1.90. The highest BCUT2D eigenvalue weighted by molar-refractivity contribution is 5.74. The average Bonchev–Trinajstić information content (AvgIpc) is 2.48. The van der Waals surface area contributed by atoms with Gasteiger partial charge in [-0.15, -0.1) is 0 Å². The van der Waals surface area contributed by atoms with Crippen LogP contribution in [-0.4, -0.2) is 43.7 Å². The summed E-state index contributed by atoms with van der Waals surface area (Å²) >= 11 is 0. The number of rotatable bonds is 3. The van der Waals surface area contributed by atoms with Crippen LogP contribution in [-0.2, 0) is 0 Å². The molecule has 0 aromatic heterocycles. The predicted molar refractivity (Wildman–Crippen MR) is 73.8 cm³/mol. The molecule has 0 saturated carbocycles. The Morgan fingerprint density at radius 1 is 1.20 bits per heavy atom. The predicted octanol–water partition coefficient (Wildman–Crippen LogP) is 2.21. The minimum absolute atomic E-state index is 0.0585. The maximum absolute atomic E-state index is 13.2. The highest BCUT2D eigenvalue weighted by atomic mass is 19.2. The Labute approximate surface area is 117 Å². The van der Waals surface area contributed by atoms with Crippen molar-refractivity contribution in [3.05, 3.63) is 29.8 Å². The molecular formula is C14H19F2N3O. The Morgan fingerprint density at radius 2 is 1.90 bits per heavy atom. The summed E-state index contributed by atoms with van der Waals surface area (Å²) in [6, 6.07) is 3.83. The quantitative estimate of drug-likeness (QED) is 0.923. The lowest BCUT2D eigenvalue weighted by atomic mass is 10.2. The van der Waals surface area contributed by atoms with Crippen LogP contribution in [0.1, 0.15) is 13.3 Å². The summed E-state index contributed by atoms with van der Waals surface area (Å²) in [6.07, 6.45) is 0.903. The van der Waals surface area contributed by atoms with Gasteiger partial charge in [-0.3, -0.25) is 0 Å². The summed E-state index contributed by atoms with van der Waals surface area (Å²) in [7, 11) is 0. The Bertz CT molecular complexity index is 473. The van der Waals surface area contributed by atoms with Crippen LogP contribution in [0, 0.1) is 11.6 Å². The van der Waals surface area contributed by atoms with E-state index in [1.54, 1.807) is 11.0 Å². The molecule has 0 aliphatic carbocycles. The first-order valence-electron chi connectivity index (χ1n) is 6.84. The third-order valence-electron chi connectivity index (χ3n) is 3.36. The fourth-order valence-electron chi connectivity index (χ4n) is 2.19. The molecule has 0 unspecified atom stereocenters. The van der Waals surface area contributed by atoms with Crippen molar-refractivity contribution in [2.45, 2.75) is 13.3 Å². The van der Waals surface area contributed by atoms with Crippen molar-refractivity contribution in [1.82, 2.24) is 10.2 Å². The lowest BCUT2D eigenvalue weighted by Gasteiger charge is -2.36. The molecule has 1 saturated heterocycles. The molecule has 2 rings (SSSR count). The van der Waals surface area contributed by atoms with Crippen LogP contribution in [0.5, 0.6) is 0 Å². The van der Waals surface area contributed by atoms with Crippen LogP contribution in [0.4, 0.5) is 19.3 Å². The summed E-state index contributed by atoms with van der Waals surface area (Å²) in [5, 5.41) is 2.83. The van der Waals surface area contributed by atoms with Gasteiger partial charge in [0, 0.05) is 44.5 Å². The Kier molecular flexibility index (Phi) is 4.76. The van der Waals surface area contributed by atoms with Crippen LogP contribution in [0.2, 0.25) is 0 Å². The Hall–Kier alpha value is -1.85. The molecule has 4 nitrogen and oxygen atoms in total. The van der Waals surface area contributed by atoms with Crippen molar-refractivity contribution in [2.75, 3.05) is 37.6 Å². The largest absolute Gasteiger partial charge is 0.368 e. The van der Waals surface area contributed by atoms with Gasteiger partial charge in [-0.25, -0.2) is 13.6 Å². The van der Waals surface area contributed by atoms with Crippen LogP contribution in [0.15, 0.2) is 18.2 Å². The number of carbonyl (C=O) groups excluding carboxylic acids is 1. The van der Waals surface area contributed by atoms with Gasteiger partial charge >= 0.3 is 6.03 Å². The van der Waals surface area contributed by atoms with Crippen molar-refractivity contribution in [2.24, 2.45) is 0 Å². The van der Waals surface area contributed by atoms with Gasteiger partial charge in [0.25, 0.3) is 0 Å². The molecule has 0 spiro atoms. The smallest absolute Gasteiger partial charge is 0.317 e. The monoisotopic (exact) mass is 283 g/mol. The van der Waals surface area contributed by atoms with Crippen LogP contribution in [0.3, 0.4) is 0 Å². The number of nitrogens with one attached hydrogen (secondary N) is 1. The molecule has 20 heavy (non-hydrogen) atoms. The zero-order valence-electron chi connectivity index (χ0n) is 11.5. The van der Waals surface area contributed by atoms with E-state index in [-0.39, 0.29) is 6.03 Å². The molecule has 1 aromatic carbocycles. The van der Waals surface area contributed by atoms with Crippen LogP contribution >= 0.6 is 0 Å². The summed E-state index contributed by atoms with van der Waals surface area (Å²) in [5.74, 6) is -1.68. The maximum Gasteiger partial charge on any atom is 0.317 e. The first-order valence-corrected chi connectivity index (χ1v) is 6.84. The van der Waals surface area contributed by atoms with Gasteiger partial charge in [-0.05, 0) is 18.6 Å². The SMILES string of the molecule is CCCNC(=O)N1CCN(c2ccc(F)c(F)c2)CC1. The molecule has 1 fully saturated rings. The lowest BCUT2D eigenvalue weighted by Crippen LogP contribution is -2.52. The van der Waals surface area contributed by atoms with Gasteiger partial charge in [0.1, 0.15) is 0 Å². The number of anilines is 1. The number of urea groups is 1. The minimum Gasteiger partial charge on any atom is -0.368 e. The lowest BCUT2D eigenvalue weighted by molar-refractivity contribution is 0.194. The number of carbonyl (C=O) groups is 1. The number of hydrogen-bond acceptors (Lipinski definition) is 2. The zero-order valence-corrected chi connectivity index (χ0v) is 11.5. The van der Waals surface area contributed by atoms with Crippen LogP contribution < -0.4 is 10.2 Å². The Morgan fingerprint density at radius 3 is 2.50 bits per heavy atom. The number of amides is 2. The first kappa shape index (κ1) is 14.6. The minimum atomic E-state index is -0.842. The molecule has 1 heterocycles. The van der Waals surface area contributed by atoms with Gasteiger partial charge < -0.3 is 15.1 Å². The number of halogens is 2. The normalized spacial score (nSPS) is 15.3. The van der Waals surface area contributed by atoms with E-state index in [1.165, 1.54) is 6.07 Å². The second kappa shape index (κ2) is 6.54. The zero-order chi connectivity index (χ0) is 14.5. The van der Waals surface area contributed by atoms with Crippen molar-refractivity contribution in [3.8, 4) is 0 Å². The number of nitrogens with zero attached hydrogens (tertiary/aromatic N) is 2. The van der Waals surface area contributed by atoms with Crippen molar-refractivity contribution in [3.63, 3.8) is 0 Å². The van der Waals surface area contributed by atoms with Gasteiger partial charge in [0.05, 0.1) is 0 Å². The first-order chi connectivity index (χ1) is 9.61. The highest BCUT2D eigenvalue weighted by Crippen LogP contribution is 2.19. The van der Waals surface area contributed by atoms with Gasteiger partial charge in [-0.2, -0.15) is 0 Å². The second-order valence-electron chi connectivity index (χ2n) is 4.80. The summed E-state index contributed by atoms with van der Waals surface area (Å²) < 4.78 is 26.1. The summed E-state index contributed by atoms with van der Waals surface area (Å²) in [6.45, 7) is 5.06. The molecule has 6 heteroatoms. The van der Waals surface area contributed by atoms with Crippen molar-refractivity contribution in [1.29, 1.82) is 0 Å². The van der Waals surface area contributed by atoms with E-state index in [1.807, 2.05) is 11.8 Å². The topological polar surface area (TPSA) is 35.6 Å². The molecule has 1 N–H and O–H groups in total. The average molecular weight is 283 g/mol. The fourth-order valence-corrected chi connectivity index (χ4v) is 2.19. The summed E-state index contributed by atoms with van der Waals surface area (Å²) in [5.41, 5.74) is 0.650. The molecule has 0 atom stereocenters. The maximum atomic E-state index is 13.2. The van der Waals surface area contributed by atoms with Gasteiger partial charge in [0.15, 0.2) is 11.6 Å². The third kappa shape index (κ3) is 3.37. The second-order valence-corrected chi connectivity index (χ2v) is 4.80. The standard InChI is InChI=1S/C14H19F2N3O/c1-2-5-17-14(20)19-8-6-18(7-9-19)11-3-4-12(15)13(16)10-11/h3-4,10H,2,5-9H2,1H3,(H,17,20). The van der Waals surface area contributed by atoms with Crippen molar-refractivity contribution < 1.29 is 13.6 Å². The molecule has 110 valence electrons. The van der Waals surface area contributed by atoms with Crippen LogP contribution in [0.25, 0.3) is 0 Å². The highest BCUT2D eigenvalue weighted by Gasteiger charge is 2.21. The molecule has 0 radical (unpaired) electrons. The number of piperazine rings is 1. The molecule has 1 aliphatic heterocycles. The van der Waals surface area contributed by atoms with Gasteiger partial charge in [-0.1, -0.05) is 6.92 Å². The fraction of sp³-hybridized carbons (Fsp3) is 0.500. The van der Waals surface area contributed by atoms with E-state index in [0.717, 1.165) is 12.5 Å². The molecule has 2 amide bonds. The van der Waals surface area contributed by atoms with E-state index >= 15 is 0 Å². The molecule has 1 aliphatic rings.